The van der Waals surface area contributed by atoms with Crippen LogP contribution >= 0.6 is 11.3 Å². The number of nitriles is 4. The van der Waals surface area contributed by atoms with Crippen LogP contribution in [0.25, 0.3) is 55.7 Å². The zero-order valence-electron chi connectivity index (χ0n) is 25.1. The largest absolute Gasteiger partial charge is 0.419 e. The maximum Gasteiger partial charge on any atom is 0.419 e. The summed E-state index contributed by atoms with van der Waals surface area (Å²) in [5.41, 5.74) is -0.118. The fourth-order valence-electron chi connectivity index (χ4n) is 6.45. The normalized spacial score (nSPS) is 12.5. The van der Waals surface area contributed by atoms with Crippen LogP contribution in [-0.2, 0) is 12.4 Å². The molecule has 1 aromatic heterocycles. The molecule has 0 bridgehead atoms. The minimum absolute atomic E-state index is 0.0204. The molecule has 0 fully saturated rings. The monoisotopic (exact) mass is 708 g/mol. The highest BCUT2D eigenvalue weighted by atomic mass is 32.1. The summed E-state index contributed by atoms with van der Waals surface area (Å²) in [6.45, 7) is 0. The average Bonchev–Trinajstić information content (AvgIpc) is 3.71. The molecule has 4 aromatic carbocycles. The van der Waals surface area contributed by atoms with Gasteiger partial charge in [-0.05, 0) is 80.9 Å². The van der Waals surface area contributed by atoms with E-state index < -0.39 is 35.1 Å². The Balaban J connectivity index is 1.48. The average molecular weight is 709 g/mol. The first kappa shape index (κ1) is 33.0. The summed E-state index contributed by atoms with van der Waals surface area (Å²) in [4.78, 5) is 0.826. The molecule has 246 valence electrons. The summed E-state index contributed by atoms with van der Waals surface area (Å²) in [7, 11) is 0. The van der Waals surface area contributed by atoms with Gasteiger partial charge < -0.3 is 0 Å². The van der Waals surface area contributed by atoms with E-state index in [1.165, 1.54) is 36.4 Å². The van der Waals surface area contributed by atoms with Gasteiger partial charge in [-0.15, -0.1) is 11.3 Å². The lowest BCUT2D eigenvalue weighted by Gasteiger charge is -2.12. The highest BCUT2D eigenvalue weighted by molar-refractivity contribution is 7.16. The molecule has 0 spiro atoms. The van der Waals surface area contributed by atoms with Crippen LogP contribution in [0.4, 0.5) is 35.1 Å². The van der Waals surface area contributed by atoms with Crippen LogP contribution in [0.5, 0.6) is 0 Å². The van der Waals surface area contributed by atoms with Crippen molar-refractivity contribution in [2.75, 3.05) is 0 Å². The maximum absolute atomic E-state index is 14.1. The number of fused-ring (bicyclic) bond motifs is 7. The fraction of sp³-hybridized carbons (Fsp3) is 0.0526. The van der Waals surface area contributed by atoms with Gasteiger partial charge in [-0.1, -0.05) is 36.4 Å². The van der Waals surface area contributed by atoms with Crippen molar-refractivity contribution < 1.29 is 35.1 Å². The van der Waals surface area contributed by atoms with Crippen LogP contribution in [0.1, 0.15) is 32.0 Å². The van der Waals surface area contributed by atoms with Gasteiger partial charge in [0.1, 0.15) is 47.1 Å². The Bertz CT molecular complexity index is 2420. The Kier molecular flexibility index (Phi) is 7.45. The van der Waals surface area contributed by atoms with Crippen LogP contribution in [0.3, 0.4) is 0 Å². The molecule has 0 atom stereocenters. The standard InChI is InChI=1S/C38H12F8N4S/c39-29-7-3-19(11-27(29)37(41,42)43)17-1-5-23-25(9-17)31(21(13-47)14-48)35-33(23)34-24-6-2-18(20-4-8-30(40)28(12-20)38(44,45)46)10-26(24)32(36(34)51-35)22(15-49)16-50/h1-12H. The van der Waals surface area contributed by atoms with Crippen molar-refractivity contribution in [3.05, 3.63) is 128 Å². The molecule has 0 amide bonds. The second kappa shape index (κ2) is 11.5. The topological polar surface area (TPSA) is 95.2 Å². The van der Waals surface area contributed by atoms with Gasteiger partial charge in [-0.25, -0.2) is 8.78 Å². The summed E-state index contributed by atoms with van der Waals surface area (Å²) in [5, 5.41) is 39.8. The molecule has 0 unspecified atom stereocenters. The molecule has 1 heterocycles. The van der Waals surface area contributed by atoms with Crippen molar-refractivity contribution in [3.8, 4) is 68.8 Å². The van der Waals surface area contributed by atoms with Crippen LogP contribution in [0.15, 0.2) is 83.9 Å². The number of nitrogens with zero attached hydrogens (tertiary/aromatic N) is 4. The minimum Gasteiger partial charge on any atom is -0.206 e. The van der Waals surface area contributed by atoms with Crippen molar-refractivity contribution in [2.24, 2.45) is 0 Å². The van der Waals surface area contributed by atoms with Crippen LogP contribution in [0.2, 0.25) is 0 Å². The van der Waals surface area contributed by atoms with Crippen molar-refractivity contribution in [3.63, 3.8) is 0 Å². The zero-order chi connectivity index (χ0) is 36.6. The molecule has 13 heteroatoms. The summed E-state index contributed by atoms with van der Waals surface area (Å²) < 4.78 is 109. The van der Waals surface area contributed by atoms with E-state index in [0.29, 0.717) is 67.4 Å². The van der Waals surface area contributed by atoms with E-state index in [1.807, 2.05) is 24.3 Å². The smallest absolute Gasteiger partial charge is 0.206 e. The summed E-state index contributed by atoms with van der Waals surface area (Å²) >= 11 is 1.06. The van der Waals surface area contributed by atoms with Gasteiger partial charge in [0.05, 0.1) is 11.1 Å². The molecule has 2 aliphatic rings. The molecule has 0 aliphatic heterocycles. The van der Waals surface area contributed by atoms with Crippen molar-refractivity contribution in [1.82, 2.24) is 0 Å². The van der Waals surface area contributed by atoms with Crippen LogP contribution in [0, 0.1) is 57.0 Å². The summed E-state index contributed by atoms with van der Waals surface area (Å²) in [5.74, 6) is -2.91. The Morgan fingerprint density at radius 1 is 0.471 bits per heavy atom. The Labute approximate surface area is 286 Å². The van der Waals surface area contributed by atoms with Gasteiger partial charge in [-0.3, -0.25) is 0 Å². The summed E-state index contributed by atoms with van der Waals surface area (Å²) in [6.07, 6.45) is -9.94. The predicted molar refractivity (Wildman–Crippen MR) is 170 cm³/mol. The van der Waals surface area contributed by atoms with Crippen molar-refractivity contribution in [2.45, 2.75) is 12.4 Å². The molecule has 7 rings (SSSR count). The molecule has 0 radical (unpaired) electrons. The highest BCUT2D eigenvalue weighted by Crippen LogP contribution is 2.62. The number of allylic oxidation sites excluding steroid dienone is 2. The molecule has 0 saturated carbocycles. The second-order valence-corrected chi connectivity index (χ2v) is 12.4. The third-order valence-electron chi connectivity index (χ3n) is 8.64. The quantitative estimate of drug-likeness (QED) is 0.132. The lowest BCUT2D eigenvalue weighted by Crippen LogP contribution is -2.08. The maximum atomic E-state index is 14.1. The van der Waals surface area contributed by atoms with E-state index in [9.17, 15) is 56.2 Å². The van der Waals surface area contributed by atoms with Crippen LogP contribution in [-0.4, -0.2) is 0 Å². The number of rotatable bonds is 2. The SMILES string of the molecule is N#CC(C#N)=C1c2cc(-c3ccc(F)c(C(F)(F)F)c3)ccc2-c2c1sc1c2-c2ccc(-c3ccc(F)c(C(F)(F)F)c3)cc2C1=C(C#N)C#N. The lowest BCUT2D eigenvalue weighted by molar-refractivity contribution is -0.140. The third kappa shape index (κ3) is 5.06. The molecule has 51 heavy (non-hydrogen) atoms. The van der Waals surface area contributed by atoms with Crippen molar-refractivity contribution in [1.29, 1.82) is 21.0 Å². The number of alkyl halides is 6. The molecule has 0 N–H and O–H groups in total. The molecule has 2 aliphatic carbocycles. The minimum atomic E-state index is -4.97. The highest BCUT2D eigenvalue weighted by Gasteiger charge is 2.40. The molecule has 5 aromatic rings. The molecule has 4 nitrogen and oxygen atoms in total. The second-order valence-electron chi connectivity index (χ2n) is 11.4. The fourth-order valence-corrected chi connectivity index (χ4v) is 7.91. The van der Waals surface area contributed by atoms with E-state index >= 15 is 0 Å². The number of hydrogen-bond acceptors (Lipinski definition) is 5. The van der Waals surface area contributed by atoms with Gasteiger partial charge in [0.2, 0.25) is 0 Å². The Morgan fingerprint density at radius 3 is 1.14 bits per heavy atom. The van der Waals surface area contributed by atoms with Gasteiger partial charge in [0, 0.05) is 32.0 Å². The van der Waals surface area contributed by atoms with E-state index in [4.69, 9.17) is 0 Å². The number of hydrogen-bond donors (Lipinski definition) is 0. The molecule has 0 saturated heterocycles. The van der Waals surface area contributed by atoms with E-state index in [2.05, 4.69) is 0 Å². The van der Waals surface area contributed by atoms with E-state index in [1.54, 1.807) is 12.1 Å². The lowest BCUT2D eigenvalue weighted by atomic mass is 9.93. The van der Waals surface area contributed by atoms with E-state index in [-0.39, 0.29) is 44.5 Å². The van der Waals surface area contributed by atoms with Crippen molar-refractivity contribution >= 4 is 22.5 Å². The Hall–Kier alpha value is -6.54. The summed E-state index contributed by atoms with van der Waals surface area (Å²) in [6, 6.07) is 21.6. The first-order valence-electron chi connectivity index (χ1n) is 14.5. The van der Waals surface area contributed by atoms with Gasteiger partial charge in [0.15, 0.2) is 0 Å². The first-order chi connectivity index (χ1) is 24.2. The number of thiophene rings is 1. The zero-order valence-corrected chi connectivity index (χ0v) is 26.0. The Morgan fingerprint density at radius 2 is 0.804 bits per heavy atom. The first-order valence-corrected chi connectivity index (χ1v) is 15.3. The molecular formula is C38H12F8N4S. The van der Waals surface area contributed by atoms with Gasteiger partial charge in [0.25, 0.3) is 0 Å². The van der Waals surface area contributed by atoms with Crippen LogP contribution < -0.4 is 0 Å². The number of halogens is 8. The molecular weight excluding hydrogens is 696 g/mol. The van der Waals surface area contributed by atoms with Gasteiger partial charge >= 0.3 is 12.4 Å². The van der Waals surface area contributed by atoms with E-state index in [0.717, 1.165) is 11.3 Å². The predicted octanol–water partition coefficient (Wildman–Crippen LogP) is 11.1. The van der Waals surface area contributed by atoms with Gasteiger partial charge in [-0.2, -0.15) is 47.4 Å². The number of benzene rings is 4. The third-order valence-corrected chi connectivity index (χ3v) is 9.86.